The highest BCUT2D eigenvalue weighted by Crippen LogP contribution is 2.25. The van der Waals surface area contributed by atoms with Crippen LogP contribution in [0.1, 0.15) is 56.6 Å². The fraction of sp³-hybridized carbons (Fsp3) is 0.615. The van der Waals surface area contributed by atoms with E-state index in [2.05, 4.69) is 29.7 Å². The van der Waals surface area contributed by atoms with Crippen molar-refractivity contribution in [2.24, 2.45) is 0 Å². The summed E-state index contributed by atoms with van der Waals surface area (Å²) >= 11 is 0. The highest BCUT2D eigenvalue weighted by Gasteiger charge is 2.28. The first-order valence-corrected chi connectivity index (χ1v) is 13.0. The number of nitrogens with zero attached hydrogens (tertiary/aromatic N) is 6. The number of hydrogen-bond acceptors (Lipinski definition) is 7. The molecule has 0 aliphatic carbocycles. The summed E-state index contributed by atoms with van der Waals surface area (Å²) in [6.07, 6.45) is 7.77. The van der Waals surface area contributed by atoms with Crippen molar-refractivity contribution in [2.75, 3.05) is 57.3 Å². The van der Waals surface area contributed by atoms with Crippen molar-refractivity contribution in [3.63, 3.8) is 0 Å². The van der Waals surface area contributed by atoms with Crippen LogP contribution < -0.4 is 10.2 Å². The quantitative estimate of drug-likeness (QED) is 0.588. The van der Waals surface area contributed by atoms with E-state index < -0.39 is 5.60 Å². The second-order valence-corrected chi connectivity index (χ2v) is 10.5. The number of ether oxygens (including phenoxy) is 1. The Morgan fingerprint density at radius 1 is 1.03 bits per heavy atom. The number of hydrogen-bond donors (Lipinski definition) is 1. The topological polar surface area (TPSA) is 95.8 Å². The van der Waals surface area contributed by atoms with Crippen LogP contribution in [0.3, 0.4) is 0 Å². The molecule has 10 heteroatoms. The molecule has 2 aliphatic heterocycles. The van der Waals surface area contributed by atoms with Crippen molar-refractivity contribution < 1.29 is 14.3 Å². The van der Waals surface area contributed by atoms with Gasteiger partial charge in [0.05, 0.1) is 0 Å². The van der Waals surface area contributed by atoms with Crippen LogP contribution in [0.2, 0.25) is 0 Å². The zero-order chi connectivity index (χ0) is 25.5. The van der Waals surface area contributed by atoms with Crippen LogP contribution in [0, 0.1) is 0 Å². The lowest BCUT2D eigenvalue weighted by molar-refractivity contribution is 0.0187. The molecule has 0 saturated carbocycles. The van der Waals surface area contributed by atoms with Gasteiger partial charge in [0.15, 0.2) is 0 Å². The van der Waals surface area contributed by atoms with Crippen molar-refractivity contribution in [2.45, 2.75) is 51.7 Å². The number of nitrogens with one attached hydrogen (secondary N) is 1. The molecule has 0 radical (unpaired) electrons. The fourth-order valence-corrected chi connectivity index (χ4v) is 4.78. The van der Waals surface area contributed by atoms with Crippen LogP contribution in [0.5, 0.6) is 0 Å². The molecule has 2 aliphatic rings. The molecule has 2 aromatic rings. The molecule has 0 unspecified atom stereocenters. The molecule has 36 heavy (non-hydrogen) atoms. The van der Waals surface area contributed by atoms with E-state index in [1.165, 1.54) is 0 Å². The van der Waals surface area contributed by atoms with E-state index in [0.29, 0.717) is 25.3 Å². The molecular formula is C26H39N7O3. The van der Waals surface area contributed by atoms with Gasteiger partial charge in [-0.3, -0.25) is 9.69 Å². The first kappa shape index (κ1) is 25.9. The molecule has 0 bridgehead atoms. The minimum absolute atomic E-state index is 0.0411. The number of amides is 2. The van der Waals surface area contributed by atoms with Crippen LogP contribution in [0.4, 0.5) is 10.7 Å². The van der Waals surface area contributed by atoms with Gasteiger partial charge >= 0.3 is 6.09 Å². The minimum Gasteiger partial charge on any atom is -0.444 e. The maximum absolute atomic E-state index is 12.9. The molecule has 0 atom stereocenters. The molecule has 1 N–H and O–H groups in total. The average Bonchev–Trinajstić information content (AvgIpc) is 3.37. The van der Waals surface area contributed by atoms with E-state index in [-0.39, 0.29) is 18.0 Å². The van der Waals surface area contributed by atoms with Crippen LogP contribution in [0.15, 0.2) is 36.8 Å². The van der Waals surface area contributed by atoms with Gasteiger partial charge in [-0.25, -0.2) is 14.8 Å². The van der Waals surface area contributed by atoms with E-state index in [0.717, 1.165) is 57.9 Å². The summed E-state index contributed by atoms with van der Waals surface area (Å²) in [7, 11) is 0. The third kappa shape index (κ3) is 6.96. The Hall–Kier alpha value is -3.14. The number of piperidine rings is 1. The van der Waals surface area contributed by atoms with Crippen LogP contribution >= 0.6 is 0 Å². The van der Waals surface area contributed by atoms with Gasteiger partial charge in [-0.2, -0.15) is 0 Å². The lowest BCUT2D eigenvalue weighted by Gasteiger charge is -2.34. The predicted molar refractivity (Wildman–Crippen MR) is 138 cm³/mol. The van der Waals surface area contributed by atoms with E-state index in [9.17, 15) is 9.59 Å². The van der Waals surface area contributed by atoms with Gasteiger partial charge in [0.2, 0.25) is 5.95 Å². The zero-order valence-corrected chi connectivity index (χ0v) is 21.7. The van der Waals surface area contributed by atoms with E-state index in [1.807, 2.05) is 45.2 Å². The largest absolute Gasteiger partial charge is 0.444 e. The van der Waals surface area contributed by atoms with Gasteiger partial charge in [0.1, 0.15) is 11.3 Å². The first-order valence-electron chi connectivity index (χ1n) is 13.0. The molecule has 0 spiro atoms. The lowest BCUT2D eigenvalue weighted by atomic mass is 10.0. The van der Waals surface area contributed by atoms with Crippen molar-refractivity contribution in [3.8, 4) is 0 Å². The Labute approximate surface area is 213 Å². The summed E-state index contributed by atoms with van der Waals surface area (Å²) in [5.74, 6) is 0.753. The second-order valence-electron chi connectivity index (χ2n) is 10.5. The summed E-state index contributed by atoms with van der Waals surface area (Å²) in [5, 5.41) is 3.09. The smallest absolute Gasteiger partial charge is 0.410 e. The molecule has 2 fully saturated rings. The number of anilines is 1. The highest BCUT2D eigenvalue weighted by molar-refractivity contribution is 5.92. The average molecular weight is 498 g/mol. The molecule has 10 nitrogen and oxygen atoms in total. The van der Waals surface area contributed by atoms with Gasteiger partial charge in [-0.05, 0) is 64.8 Å². The highest BCUT2D eigenvalue weighted by atomic mass is 16.6. The monoisotopic (exact) mass is 497 g/mol. The Bertz CT molecular complexity index is 988. The van der Waals surface area contributed by atoms with Gasteiger partial charge in [0, 0.05) is 70.4 Å². The predicted octanol–water partition coefficient (Wildman–Crippen LogP) is 2.79. The first-order chi connectivity index (χ1) is 17.3. The maximum Gasteiger partial charge on any atom is 0.410 e. The Balaban J connectivity index is 1.17. The van der Waals surface area contributed by atoms with Gasteiger partial charge in [0.25, 0.3) is 5.91 Å². The molecule has 4 heterocycles. The van der Waals surface area contributed by atoms with E-state index in [4.69, 9.17) is 4.74 Å². The lowest BCUT2D eigenvalue weighted by Crippen LogP contribution is -2.47. The number of piperazine rings is 1. The van der Waals surface area contributed by atoms with E-state index >= 15 is 0 Å². The van der Waals surface area contributed by atoms with Crippen molar-refractivity contribution in [1.29, 1.82) is 0 Å². The van der Waals surface area contributed by atoms with Crippen molar-refractivity contribution in [1.82, 2.24) is 29.7 Å². The minimum atomic E-state index is -0.495. The molecule has 4 rings (SSSR count). The Kier molecular flexibility index (Phi) is 8.45. The molecule has 196 valence electrons. The van der Waals surface area contributed by atoms with E-state index in [1.54, 1.807) is 17.3 Å². The third-order valence-corrected chi connectivity index (χ3v) is 6.67. The summed E-state index contributed by atoms with van der Waals surface area (Å²) < 4.78 is 7.56. The summed E-state index contributed by atoms with van der Waals surface area (Å²) in [4.78, 5) is 40.3. The normalized spacial score (nSPS) is 17.8. The fourth-order valence-electron chi connectivity index (χ4n) is 4.78. The molecule has 2 saturated heterocycles. The Morgan fingerprint density at radius 2 is 1.72 bits per heavy atom. The van der Waals surface area contributed by atoms with Crippen molar-refractivity contribution >= 4 is 17.9 Å². The standard InChI is InChI=1S/C26H39N7O3/c1-26(2,3)36-25(35)32-15-8-21(9-16-32)33-14-4-7-22(33)23(34)27-12-6-13-30-17-19-31(20-18-30)24-28-10-5-11-29-24/h4-5,7,10-11,14,21H,6,8-9,12-13,15-20H2,1-3H3,(H,27,34). The summed E-state index contributed by atoms with van der Waals surface area (Å²) in [5.41, 5.74) is 0.188. The molecular weight excluding hydrogens is 458 g/mol. The summed E-state index contributed by atoms with van der Waals surface area (Å²) in [6.45, 7) is 12.3. The SMILES string of the molecule is CC(C)(C)OC(=O)N1CCC(n2cccc2C(=O)NCCCN2CCN(c3ncccn3)CC2)CC1. The van der Waals surface area contributed by atoms with Crippen LogP contribution in [-0.2, 0) is 4.74 Å². The van der Waals surface area contributed by atoms with Gasteiger partial charge < -0.3 is 24.4 Å². The zero-order valence-electron chi connectivity index (χ0n) is 21.7. The van der Waals surface area contributed by atoms with Crippen LogP contribution in [0.25, 0.3) is 0 Å². The van der Waals surface area contributed by atoms with Gasteiger partial charge in [-0.1, -0.05) is 0 Å². The number of rotatable bonds is 7. The van der Waals surface area contributed by atoms with Crippen molar-refractivity contribution in [3.05, 3.63) is 42.5 Å². The second kappa shape index (κ2) is 11.7. The van der Waals surface area contributed by atoms with Gasteiger partial charge in [-0.15, -0.1) is 0 Å². The van der Waals surface area contributed by atoms with Crippen LogP contribution in [-0.4, -0.2) is 94.3 Å². The molecule has 0 aromatic carbocycles. The third-order valence-electron chi connectivity index (χ3n) is 6.67. The number of carbonyl (C=O) groups excluding carboxylic acids is 2. The molecule has 2 aromatic heterocycles. The number of aromatic nitrogens is 3. The number of likely N-dealkylation sites (tertiary alicyclic amines) is 1. The maximum atomic E-state index is 12.9. The summed E-state index contributed by atoms with van der Waals surface area (Å²) in [6, 6.07) is 5.83. The molecule has 2 amide bonds. The Morgan fingerprint density at radius 3 is 2.39 bits per heavy atom. The number of carbonyl (C=O) groups is 2.